The molecule has 0 aromatic rings. The third-order valence-corrected chi connectivity index (χ3v) is 1.18. The number of aliphatic hydroxyl groups is 1. The van der Waals surface area contributed by atoms with Gasteiger partial charge in [0.05, 0.1) is 6.10 Å². The van der Waals surface area contributed by atoms with Gasteiger partial charge in [-0.1, -0.05) is 0 Å². The molecule has 12 heavy (non-hydrogen) atoms. The van der Waals surface area contributed by atoms with Crippen molar-refractivity contribution in [2.45, 2.75) is 24.6 Å². The van der Waals surface area contributed by atoms with Crippen LogP contribution in [0.2, 0.25) is 0 Å². The van der Waals surface area contributed by atoms with E-state index in [1.807, 2.05) is 0 Å². The van der Waals surface area contributed by atoms with Crippen LogP contribution in [-0.4, -0.2) is 29.9 Å². The van der Waals surface area contributed by atoms with E-state index < -0.39 is 31.2 Å². The lowest BCUT2D eigenvalue weighted by atomic mass is 10.1. The van der Waals surface area contributed by atoms with Gasteiger partial charge in [0, 0.05) is 13.0 Å². The highest BCUT2D eigenvalue weighted by molar-refractivity contribution is 4.79. The lowest BCUT2D eigenvalue weighted by Crippen LogP contribution is -2.41. The van der Waals surface area contributed by atoms with Gasteiger partial charge < -0.3 is 10.8 Å². The number of hydrogen-bond donors (Lipinski definition) is 2. The molecule has 2 nitrogen and oxygen atoms in total. The summed E-state index contributed by atoms with van der Waals surface area (Å²) in [6.45, 7) is -0.619. The first kappa shape index (κ1) is 11.6. The molecule has 0 amide bonds. The SMILES string of the molecule is NC[C@H](O)CC(F)(F)C(F)(F)F. The van der Waals surface area contributed by atoms with Crippen LogP contribution in [0.1, 0.15) is 6.42 Å². The van der Waals surface area contributed by atoms with Crippen molar-refractivity contribution in [3.05, 3.63) is 0 Å². The molecule has 0 fully saturated rings. The van der Waals surface area contributed by atoms with E-state index in [0.717, 1.165) is 0 Å². The van der Waals surface area contributed by atoms with E-state index >= 15 is 0 Å². The maximum absolute atomic E-state index is 12.0. The van der Waals surface area contributed by atoms with Gasteiger partial charge in [-0.25, -0.2) is 0 Å². The van der Waals surface area contributed by atoms with Gasteiger partial charge in [0.15, 0.2) is 0 Å². The first-order valence-corrected chi connectivity index (χ1v) is 3.03. The number of hydrogen-bond acceptors (Lipinski definition) is 2. The van der Waals surface area contributed by atoms with Gasteiger partial charge in [0.2, 0.25) is 0 Å². The second-order valence-electron chi connectivity index (χ2n) is 2.30. The minimum atomic E-state index is -5.62. The molecular weight excluding hydrogens is 185 g/mol. The zero-order valence-electron chi connectivity index (χ0n) is 5.91. The predicted molar refractivity (Wildman–Crippen MR) is 30.7 cm³/mol. The van der Waals surface area contributed by atoms with E-state index in [-0.39, 0.29) is 0 Å². The molecule has 0 unspecified atom stereocenters. The normalized spacial score (nSPS) is 16.2. The zero-order chi connectivity index (χ0) is 9.99. The number of alkyl halides is 5. The van der Waals surface area contributed by atoms with Crippen LogP contribution in [0.4, 0.5) is 22.0 Å². The Hall–Kier alpha value is -0.430. The number of nitrogens with two attached hydrogens (primary N) is 1. The second kappa shape index (κ2) is 3.53. The van der Waals surface area contributed by atoms with Crippen LogP contribution in [-0.2, 0) is 0 Å². The summed E-state index contributed by atoms with van der Waals surface area (Å²) in [7, 11) is 0. The first-order valence-electron chi connectivity index (χ1n) is 3.03. The molecule has 3 N–H and O–H groups in total. The molecular formula is C5H8F5NO. The van der Waals surface area contributed by atoms with Crippen LogP contribution < -0.4 is 5.73 Å². The van der Waals surface area contributed by atoms with Crippen molar-refractivity contribution >= 4 is 0 Å². The van der Waals surface area contributed by atoms with Crippen molar-refractivity contribution in [2.75, 3.05) is 6.54 Å². The molecule has 1 atom stereocenters. The van der Waals surface area contributed by atoms with Gasteiger partial charge in [-0.15, -0.1) is 0 Å². The highest BCUT2D eigenvalue weighted by Crippen LogP contribution is 2.38. The Morgan fingerprint density at radius 1 is 1.17 bits per heavy atom. The van der Waals surface area contributed by atoms with E-state index in [9.17, 15) is 22.0 Å². The van der Waals surface area contributed by atoms with Crippen LogP contribution in [0, 0.1) is 0 Å². The molecule has 0 radical (unpaired) electrons. The largest absolute Gasteiger partial charge is 0.453 e. The quantitative estimate of drug-likeness (QED) is 0.654. The maximum atomic E-state index is 12.0. The van der Waals surface area contributed by atoms with Gasteiger partial charge >= 0.3 is 12.1 Å². The molecule has 0 bridgehead atoms. The average Bonchev–Trinajstić information content (AvgIpc) is 1.84. The van der Waals surface area contributed by atoms with Crippen molar-refractivity contribution in [3.8, 4) is 0 Å². The Labute approximate surface area is 65.2 Å². The average molecular weight is 193 g/mol. The summed E-state index contributed by atoms with van der Waals surface area (Å²) in [6.07, 6.45) is -9.14. The summed E-state index contributed by atoms with van der Waals surface area (Å²) >= 11 is 0. The van der Waals surface area contributed by atoms with Crippen molar-refractivity contribution in [1.82, 2.24) is 0 Å². The third-order valence-electron chi connectivity index (χ3n) is 1.18. The fraction of sp³-hybridized carbons (Fsp3) is 1.00. The number of halogens is 5. The maximum Gasteiger partial charge on any atom is 0.453 e. The van der Waals surface area contributed by atoms with Gasteiger partial charge in [0.25, 0.3) is 0 Å². The van der Waals surface area contributed by atoms with Crippen LogP contribution in [0.15, 0.2) is 0 Å². The van der Waals surface area contributed by atoms with Crippen molar-refractivity contribution in [3.63, 3.8) is 0 Å². The molecule has 0 saturated heterocycles. The molecule has 0 aliphatic rings. The number of rotatable bonds is 3. The molecule has 0 aromatic heterocycles. The predicted octanol–water partition coefficient (Wildman–Crippen LogP) is 0.894. The summed E-state index contributed by atoms with van der Waals surface area (Å²) < 4.78 is 58.3. The molecule has 0 spiro atoms. The third kappa shape index (κ3) is 2.90. The Bertz CT molecular complexity index is 145. The molecule has 0 aromatic carbocycles. The van der Waals surface area contributed by atoms with Crippen LogP contribution in [0.25, 0.3) is 0 Å². The van der Waals surface area contributed by atoms with Gasteiger partial charge in [-0.2, -0.15) is 22.0 Å². The highest BCUT2D eigenvalue weighted by atomic mass is 19.4. The lowest BCUT2D eigenvalue weighted by Gasteiger charge is -2.21. The molecule has 0 aliphatic carbocycles. The van der Waals surface area contributed by atoms with E-state index in [4.69, 9.17) is 5.11 Å². The minimum absolute atomic E-state index is 0.619. The topological polar surface area (TPSA) is 46.2 Å². The summed E-state index contributed by atoms with van der Waals surface area (Å²) in [4.78, 5) is 0. The van der Waals surface area contributed by atoms with Crippen LogP contribution in [0.3, 0.4) is 0 Å². The fourth-order valence-electron chi connectivity index (χ4n) is 0.495. The molecule has 0 saturated carbocycles. The second-order valence-corrected chi connectivity index (χ2v) is 2.30. The molecule has 74 valence electrons. The standard InChI is InChI=1S/C5H8F5NO/c6-4(7,5(8,9)10)1-3(12)2-11/h3,12H,1-2,11H2/t3-/m1/s1. The lowest BCUT2D eigenvalue weighted by molar-refractivity contribution is -0.289. The smallest absolute Gasteiger partial charge is 0.392 e. The van der Waals surface area contributed by atoms with Crippen molar-refractivity contribution in [1.29, 1.82) is 0 Å². The molecule has 0 rings (SSSR count). The Kier molecular flexibility index (Phi) is 3.40. The van der Waals surface area contributed by atoms with Crippen LogP contribution in [0.5, 0.6) is 0 Å². The molecule has 0 heterocycles. The number of aliphatic hydroxyl groups excluding tert-OH is 1. The summed E-state index contributed by atoms with van der Waals surface area (Å²) in [5.41, 5.74) is 4.67. The molecule has 0 aliphatic heterocycles. The Morgan fingerprint density at radius 2 is 1.58 bits per heavy atom. The molecule has 7 heteroatoms. The summed E-state index contributed by atoms with van der Waals surface area (Å²) in [5.74, 6) is -4.87. The van der Waals surface area contributed by atoms with E-state index in [0.29, 0.717) is 0 Å². The summed E-state index contributed by atoms with van der Waals surface area (Å²) in [5, 5.41) is 8.45. The zero-order valence-corrected chi connectivity index (χ0v) is 5.91. The van der Waals surface area contributed by atoms with Crippen molar-refractivity contribution in [2.24, 2.45) is 5.73 Å². The van der Waals surface area contributed by atoms with E-state index in [1.54, 1.807) is 0 Å². The first-order chi connectivity index (χ1) is 5.20. The fourth-order valence-corrected chi connectivity index (χ4v) is 0.495. The summed E-state index contributed by atoms with van der Waals surface area (Å²) in [6, 6.07) is 0. The van der Waals surface area contributed by atoms with Gasteiger partial charge in [-0.05, 0) is 0 Å². The van der Waals surface area contributed by atoms with E-state index in [2.05, 4.69) is 5.73 Å². The highest BCUT2D eigenvalue weighted by Gasteiger charge is 2.57. The van der Waals surface area contributed by atoms with Crippen LogP contribution >= 0.6 is 0 Å². The monoisotopic (exact) mass is 193 g/mol. The van der Waals surface area contributed by atoms with E-state index in [1.165, 1.54) is 0 Å². The van der Waals surface area contributed by atoms with Crippen molar-refractivity contribution < 1.29 is 27.1 Å². The van der Waals surface area contributed by atoms with Gasteiger partial charge in [0.1, 0.15) is 0 Å². The Balaban J connectivity index is 4.22. The van der Waals surface area contributed by atoms with Gasteiger partial charge in [-0.3, -0.25) is 0 Å². The Morgan fingerprint density at radius 3 is 1.83 bits per heavy atom. The minimum Gasteiger partial charge on any atom is -0.392 e.